The maximum absolute atomic E-state index is 12.4. The molecule has 2 aromatic carbocycles. The van der Waals surface area contributed by atoms with Crippen molar-refractivity contribution in [2.45, 2.75) is 33.4 Å². The molecule has 0 atom stereocenters. The van der Waals surface area contributed by atoms with Crippen LogP contribution in [-0.4, -0.2) is 32.2 Å². The first-order valence-corrected chi connectivity index (χ1v) is 9.43. The van der Waals surface area contributed by atoms with Crippen LogP contribution in [0.15, 0.2) is 42.5 Å². The van der Waals surface area contributed by atoms with E-state index in [4.69, 9.17) is 9.47 Å². The molecule has 1 amide bonds. The highest BCUT2D eigenvalue weighted by Gasteiger charge is 2.13. The van der Waals surface area contributed by atoms with Gasteiger partial charge >= 0.3 is 12.6 Å². The molecule has 0 heterocycles. The van der Waals surface area contributed by atoms with Crippen molar-refractivity contribution >= 4 is 11.9 Å². The van der Waals surface area contributed by atoms with E-state index >= 15 is 0 Å². The predicted molar refractivity (Wildman–Crippen MR) is 107 cm³/mol. The molecule has 2 rings (SSSR count). The van der Waals surface area contributed by atoms with E-state index in [2.05, 4.69) is 23.9 Å². The minimum absolute atomic E-state index is 0.101. The fraction of sp³-hybridized carbons (Fsp3) is 0.364. The summed E-state index contributed by atoms with van der Waals surface area (Å²) in [6, 6.07) is 11.4. The largest absolute Gasteiger partial charge is 0.493 e. The lowest BCUT2D eigenvalue weighted by Crippen LogP contribution is -2.28. The molecule has 0 bridgehead atoms. The van der Waals surface area contributed by atoms with Crippen molar-refractivity contribution < 1.29 is 32.6 Å². The Hall–Kier alpha value is -3.16. The van der Waals surface area contributed by atoms with Crippen LogP contribution in [0.3, 0.4) is 0 Å². The van der Waals surface area contributed by atoms with Crippen molar-refractivity contribution in [3.63, 3.8) is 0 Å². The average molecular weight is 421 g/mol. The van der Waals surface area contributed by atoms with Gasteiger partial charge < -0.3 is 19.5 Å². The van der Waals surface area contributed by atoms with E-state index in [0.29, 0.717) is 17.0 Å². The number of nitrogens with one attached hydrogen (secondary N) is 1. The molecule has 0 aliphatic rings. The third-order valence-corrected chi connectivity index (χ3v) is 4.10. The molecule has 0 fully saturated rings. The predicted octanol–water partition coefficient (Wildman–Crippen LogP) is 3.97. The summed E-state index contributed by atoms with van der Waals surface area (Å²) < 4.78 is 39.1. The van der Waals surface area contributed by atoms with Crippen molar-refractivity contribution in [2.24, 2.45) is 5.92 Å². The number of hydrogen-bond donors (Lipinski definition) is 1. The normalized spacial score (nSPS) is 10.8. The second-order valence-electron chi connectivity index (χ2n) is 7.01. The maximum Gasteiger partial charge on any atom is 0.387 e. The van der Waals surface area contributed by atoms with Gasteiger partial charge in [0.2, 0.25) is 0 Å². The molecule has 0 radical (unpaired) electrons. The third kappa shape index (κ3) is 7.35. The van der Waals surface area contributed by atoms with Crippen LogP contribution in [-0.2, 0) is 22.5 Å². The number of halogens is 2. The SMILES string of the molecule is COc1cc(CNC(=O)COC(=O)c2ccc(CC(C)C)cc2)ccc1OC(F)F. The first-order valence-electron chi connectivity index (χ1n) is 9.43. The number of rotatable bonds is 10. The number of amides is 1. The van der Waals surface area contributed by atoms with Gasteiger partial charge in [0.15, 0.2) is 18.1 Å². The molecule has 0 aromatic heterocycles. The second-order valence-corrected chi connectivity index (χ2v) is 7.01. The second kappa shape index (κ2) is 11.1. The molecule has 0 spiro atoms. The van der Waals surface area contributed by atoms with Gasteiger partial charge in [0.05, 0.1) is 12.7 Å². The van der Waals surface area contributed by atoms with Gasteiger partial charge in [-0.15, -0.1) is 0 Å². The highest BCUT2D eigenvalue weighted by molar-refractivity contribution is 5.91. The summed E-state index contributed by atoms with van der Waals surface area (Å²) in [7, 11) is 1.32. The van der Waals surface area contributed by atoms with Gasteiger partial charge in [-0.05, 0) is 47.7 Å². The molecule has 6 nitrogen and oxygen atoms in total. The van der Waals surface area contributed by atoms with Crippen molar-refractivity contribution in [1.82, 2.24) is 5.32 Å². The van der Waals surface area contributed by atoms with Crippen LogP contribution in [0, 0.1) is 5.92 Å². The monoisotopic (exact) mass is 421 g/mol. The molecule has 0 aliphatic carbocycles. The van der Waals surface area contributed by atoms with Crippen LogP contribution in [0.1, 0.15) is 35.3 Å². The highest BCUT2D eigenvalue weighted by atomic mass is 19.3. The summed E-state index contributed by atoms with van der Waals surface area (Å²) >= 11 is 0. The number of hydrogen-bond acceptors (Lipinski definition) is 5. The number of methoxy groups -OCH3 is 1. The molecule has 2 aromatic rings. The summed E-state index contributed by atoms with van der Waals surface area (Å²) in [4.78, 5) is 24.0. The first-order chi connectivity index (χ1) is 14.3. The van der Waals surface area contributed by atoms with Gasteiger partial charge in [-0.1, -0.05) is 32.0 Å². The summed E-state index contributed by atoms with van der Waals surface area (Å²) in [5.74, 6) is -0.548. The fourth-order valence-corrected chi connectivity index (χ4v) is 2.73. The quantitative estimate of drug-likeness (QED) is 0.588. The number of benzene rings is 2. The number of ether oxygens (including phenoxy) is 3. The van der Waals surface area contributed by atoms with E-state index in [1.165, 1.54) is 25.3 Å². The lowest BCUT2D eigenvalue weighted by Gasteiger charge is -2.12. The van der Waals surface area contributed by atoms with Crippen LogP contribution in [0.25, 0.3) is 0 Å². The van der Waals surface area contributed by atoms with Crippen molar-refractivity contribution in [3.05, 3.63) is 59.2 Å². The molecule has 0 saturated heterocycles. The number of carbonyl (C=O) groups is 2. The third-order valence-electron chi connectivity index (χ3n) is 4.10. The summed E-state index contributed by atoms with van der Waals surface area (Å²) in [5, 5.41) is 2.59. The van der Waals surface area contributed by atoms with Crippen LogP contribution >= 0.6 is 0 Å². The minimum atomic E-state index is -2.97. The zero-order chi connectivity index (χ0) is 22.1. The molecule has 0 unspecified atom stereocenters. The van der Waals surface area contributed by atoms with Gasteiger partial charge in [0, 0.05) is 6.54 Å². The Morgan fingerprint density at radius 3 is 2.27 bits per heavy atom. The van der Waals surface area contributed by atoms with Crippen LogP contribution in [0.5, 0.6) is 11.5 Å². The van der Waals surface area contributed by atoms with Crippen molar-refractivity contribution in [2.75, 3.05) is 13.7 Å². The van der Waals surface area contributed by atoms with E-state index in [1.54, 1.807) is 12.1 Å². The van der Waals surface area contributed by atoms with E-state index in [-0.39, 0.29) is 18.0 Å². The first kappa shape index (κ1) is 23.1. The molecule has 8 heteroatoms. The zero-order valence-corrected chi connectivity index (χ0v) is 17.1. The number of esters is 1. The van der Waals surface area contributed by atoms with E-state index in [0.717, 1.165) is 12.0 Å². The topological polar surface area (TPSA) is 73.9 Å². The van der Waals surface area contributed by atoms with Gasteiger partial charge in [-0.25, -0.2) is 4.79 Å². The Labute approximate surface area is 174 Å². The highest BCUT2D eigenvalue weighted by Crippen LogP contribution is 2.29. The van der Waals surface area contributed by atoms with Gasteiger partial charge in [-0.2, -0.15) is 8.78 Å². The molecular formula is C22H25F2NO5. The molecule has 0 aliphatic heterocycles. The summed E-state index contributed by atoms with van der Waals surface area (Å²) in [6.07, 6.45) is 0.914. The van der Waals surface area contributed by atoms with Crippen LogP contribution in [0.4, 0.5) is 8.78 Å². The lowest BCUT2D eigenvalue weighted by atomic mass is 10.0. The Balaban J connectivity index is 1.82. The van der Waals surface area contributed by atoms with Crippen LogP contribution < -0.4 is 14.8 Å². The average Bonchev–Trinajstić information content (AvgIpc) is 2.71. The van der Waals surface area contributed by atoms with Crippen molar-refractivity contribution in [1.29, 1.82) is 0 Å². The van der Waals surface area contributed by atoms with Gasteiger partial charge in [-0.3, -0.25) is 4.79 Å². The molecular weight excluding hydrogens is 396 g/mol. The molecule has 1 N–H and O–H groups in total. The fourth-order valence-electron chi connectivity index (χ4n) is 2.73. The Kier molecular flexibility index (Phi) is 8.58. The molecule has 30 heavy (non-hydrogen) atoms. The molecule has 162 valence electrons. The van der Waals surface area contributed by atoms with Gasteiger partial charge in [0.1, 0.15) is 0 Å². The van der Waals surface area contributed by atoms with Crippen LogP contribution in [0.2, 0.25) is 0 Å². The lowest BCUT2D eigenvalue weighted by molar-refractivity contribution is -0.124. The van der Waals surface area contributed by atoms with E-state index in [1.807, 2.05) is 12.1 Å². The smallest absolute Gasteiger partial charge is 0.387 e. The Morgan fingerprint density at radius 2 is 1.67 bits per heavy atom. The summed E-state index contributed by atoms with van der Waals surface area (Å²) in [6.45, 7) is 0.929. The Morgan fingerprint density at radius 1 is 1.00 bits per heavy atom. The number of carbonyl (C=O) groups excluding carboxylic acids is 2. The molecule has 0 saturated carbocycles. The Bertz CT molecular complexity index is 853. The summed E-state index contributed by atoms with van der Waals surface area (Å²) in [5.41, 5.74) is 2.10. The minimum Gasteiger partial charge on any atom is -0.493 e. The zero-order valence-electron chi connectivity index (χ0n) is 17.1. The number of alkyl halides is 2. The maximum atomic E-state index is 12.4. The van der Waals surface area contributed by atoms with Gasteiger partial charge in [0.25, 0.3) is 5.91 Å². The van der Waals surface area contributed by atoms with E-state index < -0.39 is 25.1 Å². The van der Waals surface area contributed by atoms with E-state index in [9.17, 15) is 18.4 Å². The van der Waals surface area contributed by atoms with Crippen molar-refractivity contribution in [3.8, 4) is 11.5 Å². The standard InChI is InChI=1S/C22H25F2NO5/c1-14(2)10-15-4-7-17(8-5-15)21(27)29-13-20(26)25-12-16-6-9-18(30-22(23)24)19(11-16)28-3/h4-9,11,14,22H,10,12-13H2,1-3H3,(H,25,26).